The highest BCUT2D eigenvalue weighted by Crippen LogP contribution is 2.25. The minimum absolute atomic E-state index is 0.0270. The van der Waals surface area contributed by atoms with Gasteiger partial charge in [0.1, 0.15) is 0 Å². The fraction of sp³-hybridized carbons (Fsp3) is 0.600. The first kappa shape index (κ1) is 18.5. The summed E-state index contributed by atoms with van der Waals surface area (Å²) in [5, 5.41) is 0. The van der Waals surface area contributed by atoms with Crippen molar-refractivity contribution >= 4 is 11.8 Å². The molecule has 4 heteroatoms. The number of aryl methyl sites for hydroxylation is 1. The van der Waals surface area contributed by atoms with E-state index in [1.807, 2.05) is 30.7 Å². The van der Waals surface area contributed by atoms with Crippen LogP contribution in [-0.2, 0) is 9.59 Å². The summed E-state index contributed by atoms with van der Waals surface area (Å²) < 4.78 is 0. The molecule has 0 aromatic heterocycles. The van der Waals surface area contributed by atoms with E-state index in [9.17, 15) is 9.59 Å². The second-order valence-electron chi connectivity index (χ2n) is 7.29. The highest BCUT2D eigenvalue weighted by Gasteiger charge is 2.31. The molecule has 1 heterocycles. The summed E-state index contributed by atoms with van der Waals surface area (Å²) in [6.07, 6.45) is 1.53. The molecule has 0 spiro atoms. The van der Waals surface area contributed by atoms with Crippen molar-refractivity contribution < 1.29 is 9.59 Å². The SMILES string of the molecule is Cc1ccc(C(C)N(C)C(=O)C2CCN(C(=O)C(C)C)CC2)cc1. The predicted molar refractivity (Wildman–Crippen MR) is 96.5 cm³/mol. The maximum Gasteiger partial charge on any atom is 0.226 e. The third-order valence-electron chi connectivity index (χ3n) is 5.14. The quantitative estimate of drug-likeness (QED) is 0.849. The summed E-state index contributed by atoms with van der Waals surface area (Å²) in [7, 11) is 1.89. The van der Waals surface area contributed by atoms with E-state index in [4.69, 9.17) is 0 Å². The summed E-state index contributed by atoms with van der Waals surface area (Å²) in [5.41, 5.74) is 2.38. The third kappa shape index (κ3) is 4.16. The number of carbonyl (C=O) groups is 2. The zero-order chi connectivity index (χ0) is 17.9. The first-order chi connectivity index (χ1) is 11.3. The lowest BCUT2D eigenvalue weighted by Gasteiger charge is -2.35. The van der Waals surface area contributed by atoms with Gasteiger partial charge in [-0.1, -0.05) is 43.7 Å². The summed E-state index contributed by atoms with van der Waals surface area (Å²) in [6.45, 7) is 9.38. The van der Waals surface area contributed by atoms with Crippen LogP contribution in [0.25, 0.3) is 0 Å². The number of benzene rings is 1. The molecule has 24 heavy (non-hydrogen) atoms. The van der Waals surface area contributed by atoms with E-state index in [-0.39, 0.29) is 29.7 Å². The minimum Gasteiger partial charge on any atom is -0.342 e. The van der Waals surface area contributed by atoms with Gasteiger partial charge < -0.3 is 9.80 Å². The Hall–Kier alpha value is -1.84. The fourth-order valence-corrected chi connectivity index (χ4v) is 3.26. The standard InChI is InChI=1S/C20H30N2O2/c1-14(2)19(23)22-12-10-18(11-13-22)20(24)21(5)16(4)17-8-6-15(3)7-9-17/h6-9,14,16,18H,10-13H2,1-5H3. The Morgan fingerprint density at radius 1 is 1.08 bits per heavy atom. The van der Waals surface area contributed by atoms with Crippen LogP contribution in [0.5, 0.6) is 0 Å². The monoisotopic (exact) mass is 330 g/mol. The average Bonchev–Trinajstić information content (AvgIpc) is 2.60. The van der Waals surface area contributed by atoms with Gasteiger partial charge in [0.05, 0.1) is 6.04 Å². The molecular weight excluding hydrogens is 300 g/mol. The van der Waals surface area contributed by atoms with Crippen LogP contribution in [-0.4, -0.2) is 41.8 Å². The molecule has 2 rings (SSSR count). The van der Waals surface area contributed by atoms with Crippen LogP contribution in [0.15, 0.2) is 24.3 Å². The molecule has 1 aromatic rings. The molecule has 0 radical (unpaired) electrons. The van der Waals surface area contributed by atoms with E-state index >= 15 is 0 Å². The van der Waals surface area contributed by atoms with Crippen molar-refractivity contribution in [1.82, 2.24) is 9.80 Å². The lowest BCUT2D eigenvalue weighted by Crippen LogP contribution is -2.45. The number of amides is 2. The first-order valence-corrected chi connectivity index (χ1v) is 8.93. The summed E-state index contributed by atoms with van der Waals surface area (Å²) in [4.78, 5) is 28.6. The highest BCUT2D eigenvalue weighted by molar-refractivity contribution is 5.81. The summed E-state index contributed by atoms with van der Waals surface area (Å²) in [5.74, 6) is 0.447. The van der Waals surface area contributed by atoms with Crippen LogP contribution in [0.4, 0.5) is 0 Å². The van der Waals surface area contributed by atoms with Crippen LogP contribution < -0.4 is 0 Å². The maximum atomic E-state index is 12.8. The van der Waals surface area contributed by atoms with Crippen molar-refractivity contribution in [2.45, 2.75) is 46.6 Å². The lowest BCUT2D eigenvalue weighted by molar-refractivity contribution is -0.142. The van der Waals surface area contributed by atoms with E-state index in [2.05, 4.69) is 38.1 Å². The van der Waals surface area contributed by atoms with Crippen LogP contribution in [0, 0.1) is 18.8 Å². The Kier molecular flexibility index (Phi) is 6.03. The predicted octanol–water partition coefficient (Wildman–Crippen LogP) is 3.41. The van der Waals surface area contributed by atoms with E-state index in [1.165, 1.54) is 5.56 Å². The van der Waals surface area contributed by atoms with Gasteiger partial charge in [0.25, 0.3) is 0 Å². The Bertz CT molecular complexity index is 572. The Morgan fingerprint density at radius 3 is 2.12 bits per heavy atom. The second-order valence-corrected chi connectivity index (χ2v) is 7.29. The molecule has 1 unspecified atom stereocenters. The molecule has 1 fully saturated rings. The first-order valence-electron chi connectivity index (χ1n) is 8.93. The molecule has 0 N–H and O–H groups in total. The van der Waals surface area contributed by atoms with Gasteiger partial charge in [-0.15, -0.1) is 0 Å². The van der Waals surface area contributed by atoms with Crippen molar-refractivity contribution in [2.24, 2.45) is 11.8 Å². The molecule has 1 saturated heterocycles. The Labute approximate surface area is 145 Å². The van der Waals surface area contributed by atoms with Crippen molar-refractivity contribution in [2.75, 3.05) is 20.1 Å². The molecule has 0 bridgehead atoms. The minimum atomic E-state index is 0.0270. The van der Waals surface area contributed by atoms with Crippen LogP contribution >= 0.6 is 0 Å². The van der Waals surface area contributed by atoms with Gasteiger partial charge in [-0.2, -0.15) is 0 Å². The van der Waals surface area contributed by atoms with Crippen molar-refractivity contribution in [3.05, 3.63) is 35.4 Å². The molecular formula is C20H30N2O2. The molecule has 1 aliphatic heterocycles. The molecule has 4 nitrogen and oxygen atoms in total. The number of hydrogen-bond donors (Lipinski definition) is 0. The number of likely N-dealkylation sites (tertiary alicyclic amines) is 1. The van der Waals surface area contributed by atoms with Crippen LogP contribution in [0.2, 0.25) is 0 Å². The second kappa shape index (κ2) is 7.82. The summed E-state index contributed by atoms with van der Waals surface area (Å²) in [6, 6.07) is 8.41. The van der Waals surface area contributed by atoms with Gasteiger partial charge in [0, 0.05) is 32.0 Å². The summed E-state index contributed by atoms with van der Waals surface area (Å²) >= 11 is 0. The van der Waals surface area contributed by atoms with Crippen molar-refractivity contribution in [1.29, 1.82) is 0 Å². The average molecular weight is 330 g/mol. The topological polar surface area (TPSA) is 40.6 Å². The number of piperidine rings is 1. The number of carbonyl (C=O) groups excluding carboxylic acids is 2. The van der Waals surface area contributed by atoms with Gasteiger partial charge in [0.2, 0.25) is 11.8 Å². The van der Waals surface area contributed by atoms with Crippen LogP contribution in [0.3, 0.4) is 0 Å². The number of hydrogen-bond acceptors (Lipinski definition) is 2. The van der Waals surface area contributed by atoms with E-state index in [1.54, 1.807) is 0 Å². The number of rotatable bonds is 4. The van der Waals surface area contributed by atoms with Gasteiger partial charge in [-0.25, -0.2) is 0 Å². The van der Waals surface area contributed by atoms with Crippen molar-refractivity contribution in [3.8, 4) is 0 Å². The number of nitrogens with zero attached hydrogens (tertiary/aromatic N) is 2. The molecule has 1 aromatic carbocycles. The molecule has 0 aliphatic carbocycles. The zero-order valence-electron chi connectivity index (χ0n) is 15.6. The van der Waals surface area contributed by atoms with Crippen LogP contribution in [0.1, 0.15) is 50.8 Å². The van der Waals surface area contributed by atoms with Gasteiger partial charge in [-0.3, -0.25) is 9.59 Å². The van der Waals surface area contributed by atoms with E-state index < -0.39 is 0 Å². The van der Waals surface area contributed by atoms with Gasteiger partial charge in [0.15, 0.2) is 0 Å². The molecule has 132 valence electrons. The lowest BCUT2D eigenvalue weighted by atomic mass is 9.93. The van der Waals surface area contributed by atoms with Gasteiger partial charge in [-0.05, 0) is 32.3 Å². The van der Waals surface area contributed by atoms with Crippen molar-refractivity contribution in [3.63, 3.8) is 0 Å². The van der Waals surface area contributed by atoms with E-state index in [0.717, 1.165) is 18.4 Å². The Morgan fingerprint density at radius 2 is 1.62 bits per heavy atom. The zero-order valence-corrected chi connectivity index (χ0v) is 15.6. The molecule has 0 saturated carbocycles. The molecule has 1 atom stereocenters. The van der Waals surface area contributed by atoms with Gasteiger partial charge >= 0.3 is 0 Å². The highest BCUT2D eigenvalue weighted by atomic mass is 16.2. The third-order valence-corrected chi connectivity index (χ3v) is 5.14. The largest absolute Gasteiger partial charge is 0.342 e. The fourth-order valence-electron chi connectivity index (χ4n) is 3.26. The smallest absolute Gasteiger partial charge is 0.226 e. The van der Waals surface area contributed by atoms with E-state index in [0.29, 0.717) is 13.1 Å². The maximum absolute atomic E-state index is 12.8. The Balaban J connectivity index is 1.94. The molecule has 2 amide bonds. The molecule has 1 aliphatic rings. The normalized spacial score (nSPS) is 17.0.